The van der Waals surface area contributed by atoms with Crippen molar-refractivity contribution in [2.24, 2.45) is 4.99 Å². The number of nitrogens with zero attached hydrogens (tertiary/aromatic N) is 1. The number of halogens is 1. The number of rotatable bonds is 24. The monoisotopic (exact) mass is 878 g/mol. The van der Waals surface area contributed by atoms with Crippen molar-refractivity contribution in [1.29, 1.82) is 0 Å². The minimum Gasteiger partial charge on any atom is -0.862 e. The molecule has 1 aromatic rings. The average molecular weight is 879 g/mol. The summed E-state index contributed by atoms with van der Waals surface area (Å²) in [6.45, 7) is -0.142. The average Bonchev–Trinajstić information content (AvgIpc) is 3.76. The molecular weight excluding hydrogens is 823 g/mol. The third kappa shape index (κ3) is 15.0. The van der Waals surface area contributed by atoms with Gasteiger partial charge in [-0.15, -0.1) is 0 Å². The predicted molar refractivity (Wildman–Crippen MR) is 210 cm³/mol. The number of fused-ring (bicyclic) bond motifs is 1. The van der Waals surface area contributed by atoms with E-state index in [0.29, 0.717) is 24.8 Å². The molecule has 3 fully saturated rings. The number of benzene rings is 1. The smallest absolute Gasteiger partial charge is 0.862 e. The number of ether oxygens (including phenoxy) is 2. The quantitative estimate of drug-likeness (QED) is 0.0159. The number of aliphatic hydroxyl groups excluding tert-OH is 4. The van der Waals surface area contributed by atoms with Gasteiger partial charge in [-0.3, -0.25) is 19.4 Å². The standard InChI is InChI=1S/C38H57FN6O13S.Na/c1-21(47)42-33-25(48)17-38(36(54)55,58-35(33)34(53)26(49)19-46)57-27-11-10-23(16-22(27)18-39)43-31(52)13-12-30(51)41-15-7-3-2-6-14-40-29(50)9-5-4-8-28-32-24(20-59-28)44-37(56)45-32;/h10-11,16,24-26,28,32-35,46,48-49,53H,2-9,12-15,17-20H2,1H3,(H,40,50)(H,41,51)(H,42,47)(H,43,52)(H,54,55)(H2,44,45,56);/q;+1/p-1/t24-,25-,26+,28-,32-,33+,34+,35+,38+;/m0./s1. The molecule has 3 saturated heterocycles. The van der Waals surface area contributed by atoms with Gasteiger partial charge in [0.15, 0.2) is 0 Å². The van der Waals surface area contributed by atoms with Crippen LogP contribution in [0.25, 0.3) is 0 Å². The summed E-state index contributed by atoms with van der Waals surface area (Å²) in [6, 6.07) is 2.34. The van der Waals surface area contributed by atoms with Crippen molar-refractivity contribution in [3.63, 3.8) is 0 Å². The molecule has 1 aromatic carbocycles. The minimum atomic E-state index is -2.76. The van der Waals surface area contributed by atoms with Crippen LogP contribution < -0.4 is 66.0 Å². The summed E-state index contributed by atoms with van der Waals surface area (Å²) in [7, 11) is 0. The number of carboxylic acid groups (broad SMARTS) is 1. The number of nitrogens with one attached hydrogen (secondary N) is 5. The van der Waals surface area contributed by atoms with E-state index in [1.807, 2.05) is 11.8 Å². The van der Waals surface area contributed by atoms with Crippen molar-refractivity contribution in [3.05, 3.63) is 23.8 Å². The number of aliphatic hydroxyl groups is 4. The molecule has 0 spiro atoms. The molecule has 3 heterocycles. The van der Waals surface area contributed by atoms with Crippen LogP contribution >= 0.6 is 11.8 Å². The van der Waals surface area contributed by atoms with Crippen LogP contribution in [0.2, 0.25) is 0 Å². The van der Waals surface area contributed by atoms with Gasteiger partial charge in [0, 0.05) is 54.6 Å². The van der Waals surface area contributed by atoms with Crippen LogP contribution in [0.15, 0.2) is 23.2 Å². The zero-order chi connectivity index (χ0) is 43.1. The molecule has 5 amide bonds. The van der Waals surface area contributed by atoms with E-state index in [2.05, 4.69) is 31.6 Å². The third-order valence-electron chi connectivity index (χ3n) is 10.3. The molecule has 9 atom stereocenters. The third-order valence-corrected chi connectivity index (χ3v) is 11.8. The molecule has 60 heavy (non-hydrogen) atoms. The van der Waals surface area contributed by atoms with E-state index in [4.69, 9.17) is 9.47 Å². The number of amides is 5. The molecule has 19 nitrogen and oxygen atoms in total. The summed E-state index contributed by atoms with van der Waals surface area (Å²) in [6.07, 6.45) is -2.25. The number of alkyl halides is 1. The van der Waals surface area contributed by atoms with Crippen molar-refractivity contribution in [1.82, 2.24) is 21.3 Å². The van der Waals surface area contributed by atoms with E-state index >= 15 is 0 Å². The number of aliphatic imine (C=N–C) groups is 1. The Hall–Kier alpha value is -3.28. The Morgan fingerprint density at radius 3 is 2.33 bits per heavy atom. The van der Waals surface area contributed by atoms with Crippen molar-refractivity contribution in [2.75, 3.05) is 30.8 Å². The zero-order valence-electron chi connectivity index (χ0n) is 33.9. The van der Waals surface area contributed by atoms with E-state index in [9.17, 15) is 59.0 Å². The Bertz CT molecular complexity index is 1650. The largest absolute Gasteiger partial charge is 1.00 e. The first-order chi connectivity index (χ1) is 28.2. The molecule has 3 aliphatic rings. The van der Waals surface area contributed by atoms with Gasteiger partial charge >= 0.3 is 47.3 Å². The molecular formula is C38H56FN6NaO13S. The van der Waals surface area contributed by atoms with Crippen molar-refractivity contribution >= 4 is 53.1 Å². The number of anilines is 1. The van der Waals surface area contributed by atoms with Crippen LogP contribution in [-0.4, -0.2) is 140 Å². The molecule has 10 N–H and O–H groups in total. The van der Waals surface area contributed by atoms with Crippen molar-refractivity contribution in [3.8, 4) is 5.75 Å². The number of aliphatic carboxylic acids is 1. The van der Waals surface area contributed by atoms with Crippen LogP contribution in [-0.2, 0) is 30.6 Å². The van der Waals surface area contributed by atoms with Gasteiger partial charge in [-0.25, -0.2) is 14.0 Å². The first-order valence-electron chi connectivity index (χ1n) is 19.8. The fraction of sp³-hybridized carbons (Fsp3) is 0.684. The fourth-order valence-electron chi connectivity index (χ4n) is 7.17. The van der Waals surface area contributed by atoms with E-state index < -0.39 is 73.7 Å². The summed E-state index contributed by atoms with van der Waals surface area (Å²) in [5, 5.41) is 77.1. The fourth-order valence-corrected chi connectivity index (χ4v) is 8.71. The van der Waals surface area contributed by atoms with E-state index in [1.165, 1.54) is 12.1 Å². The van der Waals surface area contributed by atoms with Crippen LogP contribution in [0.4, 0.5) is 14.9 Å². The second-order valence-corrected chi connectivity index (χ2v) is 16.2. The summed E-state index contributed by atoms with van der Waals surface area (Å²) in [5.41, 5.74) is -0.121. The van der Waals surface area contributed by atoms with Gasteiger partial charge in [0.05, 0.1) is 31.2 Å². The van der Waals surface area contributed by atoms with E-state index in [1.54, 1.807) is 0 Å². The second-order valence-electron chi connectivity index (χ2n) is 14.9. The molecule has 0 saturated carbocycles. The van der Waals surface area contributed by atoms with E-state index in [0.717, 1.165) is 63.7 Å². The molecule has 4 rings (SSSR count). The van der Waals surface area contributed by atoms with Crippen LogP contribution in [0.1, 0.15) is 83.1 Å². The number of hydrogen-bond acceptors (Lipinski definition) is 14. The van der Waals surface area contributed by atoms with Crippen molar-refractivity contribution in [2.45, 2.75) is 138 Å². The zero-order valence-corrected chi connectivity index (χ0v) is 36.7. The number of thioether (sulfide) groups is 1. The molecule has 22 heteroatoms. The van der Waals surface area contributed by atoms with Crippen LogP contribution in [0.3, 0.4) is 0 Å². The SMILES string of the molecule is CC([O-])=N[C@H]1[C@H]([C@H](O)[C@H](O)CO)O[C@@](Oc2ccc(NC(=O)CCC(=O)NCCCCCCNC(=O)CCCC[C@@H]3SC[C@@H]4NC(=O)N[C@@H]43)cc2CF)(C(=O)O)C[C@@H]1O.[Na+]. The van der Waals surface area contributed by atoms with Gasteiger partial charge in [0.2, 0.25) is 17.7 Å². The number of unbranched alkanes of at least 4 members (excludes halogenated alkanes) is 4. The molecule has 3 aliphatic heterocycles. The number of carboxylic acids is 1. The first kappa shape index (κ1) is 51.1. The topological polar surface area (TPSA) is 301 Å². The summed E-state index contributed by atoms with van der Waals surface area (Å²) in [5.74, 6) is -5.67. The predicted octanol–water partition coefficient (Wildman–Crippen LogP) is -3.43. The Labute approximate surface area is 373 Å². The first-order valence-corrected chi connectivity index (χ1v) is 20.9. The Morgan fingerprint density at radius 2 is 1.70 bits per heavy atom. The Morgan fingerprint density at radius 1 is 1.03 bits per heavy atom. The second kappa shape index (κ2) is 25.0. The summed E-state index contributed by atoms with van der Waals surface area (Å²) < 4.78 is 25.4. The molecule has 330 valence electrons. The molecule has 0 unspecified atom stereocenters. The molecule has 0 aliphatic carbocycles. The number of hydrogen-bond donors (Lipinski definition) is 10. The van der Waals surface area contributed by atoms with Crippen LogP contribution in [0, 0.1) is 0 Å². The summed E-state index contributed by atoms with van der Waals surface area (Å²) in [4.78, 5) is 64.8. The van der Waals surface area contributed by atoms with Gasteiger partial charge in [0.1, 0.15) is 36.8 Å². The summed E-state index contributed by atoms with van der Waals surface area (Å²) >= 11 is 1.86. The maximum Gasteiger partial charge on any atom is 1.00 e. The number of carbonyl (C=O) groups is 5. The van der Waals surface area contributed by atoms with E-state index in [-0.39, 0.29) is 89.3 Å². The minimum absolute atomic E-state index is 0. The van der Waals surface area contributed by atoms with Gasteiger partial charge in [-0.2, -0.15) is 11.8 Å². The Balaban J connectivity index is 0.00000961. The Kier molecular flexibility index (Phi) is 21.3. The maximum atomic E-state index is 14.2. The van der Waals surface area contributed by atoms with Gasteiger partial charge < -0.3 is 66.7 Å². The van der Waals surface area contributed by atoms with Gasteiger partial charge in [0.25, 0.3) is 0 Å². The molecule has 0 radical (unpaired) electrons. The van der Waals surface area contributed by atoms with Gasteiger partial charge in [-0.1, -0.05) is 19.3 Å². The molecule has 0 aromatic heterocycles. The van der Waals surface area contributed by atoms with Crippen molar-refractivity contribution < 1.29 is 98.0 Å². The number of carbonyl (C=O) groups excluding carboxylic acids is 4. The maximum absolute atomic E-state index is 14.2. The van der Waals surface area contributed by atoms with Crippen LogP contribution in [0.5, 0.6) is 5.75 Å². The number of urea groups is 1. The normalized spacial score (nSPS) is 25.8. The molecule has 0 bridgehead atoms. The van der Waals surface area contributed by atoms with Gasteiger partial charge in [-0.05, 0) is 56.7 Å².